The quantitative estimate of drug-likeness (QED) is 0.515. The number of hydrogen-bond acceptors (Lipinski definition) is 5. The van der Waals surface area contributed by atoms with E-state index in [0.29, 0.717) is 28.9 Å². The van der Waals surface area contributed by atoms with Crippen LogP contribution in [0.1, 0.15) is 44.3 Å². The standard InChI is InChI=1S/C27H26N2O4S/c1-4-28-25-22-12-8-9-13-24(22)34(32,33)29(26(25)27(31)20-10-6-5-7-11-20)17-23(30)21-15-14-18(2)16-19(21)3/h5-16,28H,4,17H2,1-3H3. The summed E-state index contributed by atoms with van der Waals surface area (Å²) in [6.07, 6.45) is 0. The van der Waals surface area contributed by atoms with Crippen molar-refractivity contribution in [3.8, 4) is 0 Å². The molecule has 3 aromatic carbocycles. The zero-order valence-electron chi connectivity index (χ0n) is 19.3. The van der Waals surface area contributed by atoms with Gasteiger partial charge in [0.1, 0.15) is 5.70 Å². The second-order valence-corrected chi connectivity index (χ2v) is 10.0. The van der Waals surface area contributed by atoms with Gasteiger partial charge >= 0.3 is 0 Å². The number of benzene rings is 3. The average molecular weight is 475 g/mol. The van der Waals surface area contributed by atoms with Crippen LogP contribution in [0.4, 0.5) is 0 Å². The maximum atomic E-state index is 13.8. The fourth-order valence-corrected chi connectivity index (χ4v) is 5.84. The highest BCUT2D eigenvalue weighted by Gasteiger charge is 2.41. The Morgan fingerprint density at radius 3 is 2.26 bits per heavy atom. The van der Waals surface area contributed by atoms with Crippen LogP contribution in [-0.4, -0.2) is 37.4 Å². The summed E-state index contributed by atoms with van der Waals surface area (Å²) in [5.74, 6) is -0.849. The summed E-state index contributed by atoms with van der Waals surface area (Å²) in [6.45, 7) is 5.59. The second kappa shape index (κ2) is 9.27. The molecule has 0 amide bonds. The third kappa shape index (κ3) is 4.15. The lowest BCUT2D eigenvalue weighted by molar-refractivity contribution is 0.0957. The number of fused-ring (bicyclic) bond motifs is 1. The fraction of sp³-hybridized carbons (Fsp3) is 0.185. The van der Waals surface area contributed by atoms with Gasteiger partial charge < -0.3 is 5.32 Å². The van der Waals surface area contributed by atoms with Gasteiger partial charge in [0.15, 0.2) is 5.78 Å². The Labute approximate surface area is 200 Å². The number of allylic oxidation sites excluding steroid dienone is 1. The summed E-state index contributed by atoms with van der Waals surface area (Å²) >= 11 is 0. The van der Waals surface area contributed by atoms with Crippen LogP contribution in [0.25, 0.3) is 5.70 Å². The smallest absolute Gasteiger partial charge is 0.265 e. The van der Waals surface area contributed by atoms with Gasteiger partial charge in [-0.05, 0) is 32.4 Å². The normalized spacial score (nSPS) is 14.5. The van der Waals surface area contributed by atoms with Gasteiger partial charge in [-0.25, -0.2) is 8.42 Å². The molecule has 4 rings (SSSR count). The number of ketones is 2. The van der Waals surface area contributed by atoms with Crippen molar-refractivity contribution in [2.45, 2.75) is 25.7 Å². The minimum atomic E-state index is -4.17. The maximum absolute atomic E-state index is 13.8. The number of carbonyl (C=O) groups excluding carboxylic acids is 2. The SMILES string of the molecule is CCNC1=C(C(=O)c2ccccc2)N(CC(=O)c2ccc(C)cc2C)S(=O)(=O)c2ccccc21. The zero-order valence-corrected chi connectivity index (χ0v) is 20.1. The summed E-state index contributed by atoms with van der Waals surface area (Å²) in [5.41, 5.74) is 3.29. The first kappa shape index (κ1) is 23.4. The molecule has 1 N–H and O–H groups in total. The van der Waals surface area contributed by atoms with Crippen molar-refractivity contribution in [2.24, 2.45) is 0 Å². The lowest BCUT2D eigenvalue weighted by Gasteiger charge is -2.33. The van der Waals surface area contributed by atoms with E-state index in [1.807, 2.05) is 32.9 Å². The van der Waals surface area contributed by atoms with Gasteiger partial charge in [0.2, 0.25) is 5.78 Å². The minimum absolute atomic E-state index is 0.0511. The summed E-state index contributed by atoms with van der Waals surface area (Å²) in [7, 11) is -4.17. The van der Waals surface area contributed by atoms with Gasteiger partial charge in [-0.1, -0.05) is 72.3 Å². The maximum Gasteiger partial charge on any atom is 0.265 e. The highest BCUT2D eigenvalue weighted by atomic mass is 32.2. The van der Waals surface area contributed by atoms with Crippen molar-refractivity contribution in [1.29, 1.82) is 0 Å². The third-order valence-corrected chi connectivity index (χ3v) is 7.59. The predicted molar refractivity (Wildman–Crippen MR) is 132 cm³/mol. The molecule has 0 bridgehead atoms. The molecule has 0 atom stereocenters. The van der Waals surface area contributed by atoms with Crippen LogP contribution >= 0.6 is 0 Å². The van der Waals surface area contributed by atoms with Gasteiger partial charge in [0.25, 0.3) is 10.0 Å². The van der Waals surface area contributed by atoms with Gasteiger partial charge in [-0.2, -0.15) is 0 Å². The van der Waals surface area contributed by atoms with Crippen LogP contribution < -0.4 is 5.32 Å². The molecule has 0 saturated carbocycles. The number of Topliss-reactive ketones (excluding diaryl/α,β-unsaturated/α-hetero) is 2. The Hall–Kier alpha value is -3.71. The minimum Gasteiger partial charge on any atom is -0.383 e. The van der Waals surface area contributed by atoms with Crippen LogP contribution in [0, 0.1) is 13.8 Å². The fourth-order valence-electron chi connectivity index (χ4n) is 4.20. The first-order chi connectivity index (χ1) is 16.3. The summed E-state index contributed by atoms with van der Waals surface area (Å²) in [6, 6.07) is 20.4. The molecule has 6 nitrogen and oxygen atoms in total. The third-order valence-electron chi connectivity index (χ3n) is 5.78. The molecule has 1 heterocycles. The number of nitrogens with zero attached hydrogens (tertiary/aromatic N) is 1. The van der Waals surface area contributed by atoms with E-state index in [1.54, 1.807) is 54.6 Å². The van der Waals surface area contributed by atoms with E-state index < -0.39 is 22.4 Å². The first-order valence-electron chi connectivity index (χ1n) is 11.1. The molecule has 1 aliphatic rings. The predicted octanol–water partition coefficient (Wildman–Crippen LogP) is 4.35. The van der Waals surface area contributed by atoms with E-state index in [0.717, 1.165) is 15.4 Å². The second-order valence-electron chi connectivity index (χ2n) is 8.20. The molecule has 0 aromatic heterocycles. The average Bonchev–Trinajstić information content (AvgIpc) is 2.82. The molecular weight excluding hydrogens is 448 g/mol. The van der Waals surface area contributed by atoms with Crippen molar-refractivity contribution in [2.75, 3.05) is 13.1 Å². The number of hydrogen-bond donors (Lipinski definition) is 1. The zero-order chi connectivity index (χ0) is 24.5. The Kier molecular flexibility index (Phi) is 6.39. The Balaban J connectivity index is 1.92. The molecule has 1 aliphatic heterocycles. The highest BCUT2D eigenvalue weighted by Crippen LogP contribution is 2.37. The largest absolute Gasteiger partial charge is 0.383 e. The van der Waals surface area contributed by atoms with E-state index in [1.165, 1.54) is 6.07 Å². The first-order valence-corrected chi connectivity index (χ1v) is 12.5. The molecule has 34 heavy (non-hydrogen) atoms. The van der Waals surface area contributed by atoms with E-state index >= 15 is 0 Å². The number of aryl methyl sites for hydroxylation is 2. The molecule has 0 aliphatic carbocycles. The van der Waals surface area contributed by atoms with Crippen LogP contribution in [-0.2, 0) is 10.0 Å². The van der Waals surface area contributed by atoms with Crippen LogP contribution in [0.5, 0.6) is 0 Å². The molecule has 174 valence electrons. The molecular formula is C27H26N2O4S. The summed E-state index contributed by atoms with van der Waals surface area (Å²) in [4.78, 5) is 27.1. The monoisotopic (exact) mass is 474 g/mol. The van der Waals surface area contributed by atoms with Gasteiger partial charge in [0.05, 0.1) is 17.1 Å². The molecule has 0 fully saturated rings. The molecule has 7 heteroatoms. The summed E-state index contributed by atoms with van der Waals surface area (Å²) < 4.78 is 28.5. The van der Waals surface area contributed by atoms with Crippen molar-refractivity contribution in [1.82, 2.24) is 9.62 Å². The lowest BCUT2D eigenvalue weighted by Crippen LogP contribution is -2.43. The Bertz CT molecular complexity index is 1410. The van der Waals surface area contributed by atoms with E-state index in [4.69, 9.17) is 0 Å². The number of nitrogens with one attached hydrogen (secondary N) is 1. The number of sulfonamides is 1. The molecule has 0 radical (unpaired) electrons. The molecule has 3 aromatic rings. The van der Waals surface area contributed by atoms with Crippen molar-refractivity contribution in [3.63, 3.8) is 0 Å². The van der Waals surface area contributed by atoms with Crippen molar-refractivity contribution >= 4 is 27.3 Å². The van der Waals surface area contributed by atoms with E-state index in [9.17, 15) is 18.0 Å². The van der Waals surface area contributed by atoms with Crippen LogP contribution in [0.3, 0.4) is 0 Å². The van der Waals surface area contributed by atoms with Crippen molar-refractivity contribution in [3.05, 3.63) is 106 Å². The number of rotatable bonds is 7. The number of carbonyl (C=O) groups is 2. The Morgan fingerprint density at radius 2 is 1.59 bits per heavy atom. The van der Waals surface area contributed by atoms with E-state index in [-0.39, 0.29) is 16.4 Å². The van der Waals surface area contributed by atoms with Gasteiger partial charge in [-0.3, -0.25) is 13.9 Å². The summed E-state index contributed by atoms with van der Waals surface area (Å²) in [5, 5.41) is 3.18. The molecule has 0 saturated heterocycles. The highest BCUT2D eigenvalue weighted by molar-refractivity contribution is 7.89. The van der Waals surface area contributed by atoms with E-state index in [2.05, 4.69) is 5.32 Å². The van der Waals surface area contributed by atoms with Crippen molar-refractivity contribution < 1.29 is 18.0 Å². The van der Waals surface area contributed by atoms with Crippen LogP contribution in [0.15, 0.2) is 83.4 Å². The Morgan fingerprint density at radius 1 is 0.912 bits per heavy atom. The van der Waals surface area contributed by atoms with Crippen LogP contribution in [0.2, 0.25) is 0 Å². The lowest BCUT2D eigenvalue weighted by atomic mass is 10.0. The van der Waals surface area contributed by atoms with Gasteiger partial charge in [-0.15, -0.1) is 0 Å². The molecule has 0 spiro atoms. The molecule has 0 unspecified atom stereocenters. The topological polar surface area (TPSA) is 83.6 Å². The van der Waals surface area contributed by atoms with Gasteiger partial charge in [0, 0.05) is 23.2 Å².